The molecular formula is C13H24N2O2S. The van der Waals surface area contributed by atoms with Crippen molar-refractivity contribution >= 4 is 11.3 Å². The van der Waals surface area contributed by atoms with Crippen LogP contribution < -0.4 is 5.32 Å². The van der Waals surface area contributed by atoms with Gasteiger partial charge in [0.2, 0.25) is 0 Å². The summed E-state index contributed by atoms with van der Waals surface area (Å²) in [6.07, 6.45) is -0.466. The molecule has 0 amide bonds. The van der Waals surface area contributed by atoms with Gasteiger partial charge in [0.15, 0.2) is 0 Å². The van der Waals surface area contributed by atoms with Crippen molar-refractivity contribution in [2.75, 3.05) is 19.8 Å². The van der Waals surface area contributed by atoms with Crippen LogP contribution >= 0.6 is 11.3 Å². The molecule has 1 heterocycles. The minimum Gasteiger partial charge on any atom is -0.389 e. The summed E-state index contributed by atoms with van der Waals surface area (Å²) in [5.74, 6) is 0.502. The topological polar surface area (TPSA) is 54.4 Å². The van der Waals surface area contributed by atoms with E-state index in [4.69, 9.17) is 4.74 Å². The Morgan fingerprint density at radius 3 is 2.67 bits per heavy atom. The lowest BCUT2D eigenvalue weighted by atomic mass is 10.2. The fraction of sp³-hybridized carbons (Fsp3) is 0.769. The summed E-state index contributed by atoms with van der Waals surface area (Å²) in [6, 6.07) is 0.170. The quantitative estimate of drug-likeness (QED) is 0.761. The first-order valence-corrected chi connectivity index (χ1v) is 7.28. The van der Waals surface area contributed by atoms with E-state index in [9.17, 15) is 5.11 Å². The van der Waals surface area contributed by atoms with Crippen LogP contribution in [0.2, 0.25) is 0 Å². The van der Waals surface area contributed by atoms with E-state index in [1.165, 1.54) is 0 Å². The molecule has 18 heavy (non-hydrogen) atoms. The third-order valence-corrected chi connectivity index (χ3v) is 3.57. The second-order valence-corrected chi connectivity index (χ2v) is 5.93. The van der Waals surface area contributed by atoms with E-state index >= 15 is 0 Å². The van der Waals surface area contributed by atoms with Crippen LogP contribution in [0.5, 0.6) is 0 Å². The molecule has 0 spiro atoms. The highest BCUT2D eigenvalue weighted by atomic mass is 32.1. The number of aryl methyl sites for hydroxylation is 1. The summed E-state index contributed by atoms with van der Waals surface area (Å²) in [5.41, 5.74) is 1.05. The van der Waals surface area contributed by atoms with E-state index in [1.54, 1.807) is 11.3 Å². The maximum absolute atomic E-state index is 9.76. The number of hydrogen-bond donors (Lipinski definition) is 2. The monoisotopic (exact) mass is 272 g/mol. The van der Waals surface area contributed by atoms with E-state index in [-0.39, 0.29) is 6.04 Å². The highest BCUT2D eigenvalue weighted by molar-refractivity contribution is 7.09. The Kier molecular flexibility index (Phi) is 6.78. The van der Waals surface area contributed by atoms with Crippen molar-refractivity contribution in [3.8, 4) is 0 Å². The Bertz CT molecular complexity index is 341. The summed E-state index contributed by atoms with van der Waals surface area (Å²) in [5, 5.41) is 16.1. The molecule has 0 radical (unpaired) electrons. The second-order valence-electron chi connectivity index (χ2n) is 5.04. The lowest BCUT2D eigenvalue weighted by Gasteiger charge is -2.16. The molecule has 0 saturated carbocycles. The van der Waals surface area contributed by atoms with Gasteiger partial charge in [-0.3, -0.25) is 0 Å². The highest BCUT2D eigenvalue weighted by Gasteiger charge is 2.11. The number of ether oxygens (including phenoxy) is 1. The molecule has 2 unspecified atom stereocenters. The molecule has 5 heteroatoms. The van der Waals surface area contributed by atoms with Gasteiger partial charge in [-0.15, -0.1) is 11.3 Å². The van der Waals surface area contributed by atoms with Gasteiger partial charge in [0, 0.05) is 24.2 Å². The third kappa shape index (κ3) is 5.91. The molecule has 0 aromatic carbocycles. The molecule has 0 aliphatic carbocycles. The van der Waals surface area contributed by atoms with Gasteiger partial charge < -0.3 is 15.2 Å². The maximum Gasteiger partial charge on any atom is 0.110 e. The van der Waals surface area contributed by atoms with E-state index in [0.717, 1.165) is 10.7 Å². The molecule has 2 atom stereocenters. The predicted molar refractivity (Wildman–Crippen MR) is 74.9 cm³/mol. The molecule has 4 nitrogen and oxygen atoms in total. The number of aromatic nitrogens is 1. The van der Waals surface area contributed by atoms with Gasteiger partial charge in [-0.1, -0.05) is 13.8 Å². The summed E-state index contributed by atoms with van der Waals surface area (Å²) in [7, 11) is 0. The van der Waals surface area contributed by atoms with Gasteiger partial charge in [0.25, 0.3) is 0 Å². The van der Waals surface area contributed by atoms with E-state index in [0.29, 0.717) is 25.7 Å². The summed E-state index contributed by atoms with van der Waals surface area (Å²) in [4.78, 5) is 4.42. The van der Waals surface area contributed by atoms with Crippen LogP contribution in [-0.2, 0) is 4.74 Å². The minimum absolute atomic E-state index is 0.170. The first-order chi connectivity index (χ1) is 8.49. The number of rotatable bonds is 8. The van der Waals surface area contributed by atoms with Crippen LogP contribution in [0.25, 0.3) is 0 Å². The predicted octanol–water partition coefficient (Wildman–Crippen LogP) is 2.14. The van der Waals surface area contributed by atoms with Crippen molar-refractivity contribution in [2.45, 2.75) is 39.8 Å². The normalized spacial score (nSPS) is 15.0. The summed E-state index contributed by atoms with van der Waals surface area (Å²) < 4.78 is 5.40. The van der Waals surface area contributed by atoms with Crippen molar-refractivity contribution in [1.29, 1.82) is 0 Å². The molecule has 0 aliphatic heterocycles. The Morgan fingerprint density at radius 1 is 1.39 bits per heavy atom. The fourth-order valence-corrected chi connectivity index (χ4v) is 2.30. The van der Waals surface area contributed by atoms with E-state index < -0.39 is 6.10 Å². The molecule has 104 valence electrons. The zero-order valence-electron chi connectivity index (χ0n) is 11.6. The van der Waals surface area contributed by atoms with Crippen LogP contribution in [0.1, 0.15) is 37.5 Å². The fourth-order valence-electron chi connectivity index (χ4n) is 1.47. The van der Waals surface area contributed by atoms with Crippen molar-refractivity contribution < 1.29 is 9.84 Å². The number of nitrogens with one attached hydrogen (secondary N) is 1. The molecule has 0 bridgehead atoms. The van der Waals surface area contributed by atoms with E-state index in [1.807, 2.05) is 12.3 Å². The largest absolute Gasteiger partial charge is 0.389 e. The van der Waals surface area contributed by atoms with Crippen LogP contribution in [0.4, 0.5) is 0 Å². The second kappa shape index (κ2) is 7.84. The minimum atomic E-state index is -0.466. The Hall–Kier alpha value is -0.490. The average Bonchev–Trinajstić information content (AvgIpc) is 2.72. The molecule has 0 aliphatic rings. The zero-order valence-corrected chi connectivity index (χ0v) is 12.5. The van der Waals surface area contributed by atoms with Crippen LogP contribution in [0.3, 0.4) is 0 Å². The van der Waals surface area contributed by atoms with E-state index in [2.05, 4.69) is 31.1 Å². The van der Waals surface area contributed by atoms with Crippen LogP contribution in [-0.4, -0.2) is 36.0 Å². The number of thiazole rings is 1. The first kappa shape index (κ1) is 15.6. The standard InChI is InChI=1S/C13H24N2O2S/c1-9(2)6-17-7-12(16)5-14-11(4)13-15-10(3)8-18-13/h8-9,11-12,14,16H,5-7H2,1-4H3. The molecule has 1 rings (SSSR count). The number of aliphatic hydroxyl groups excluding tert-OH is 1. The van der Waals surface area contributed by atoms with Crippen molar-refractivity contribution in [3.05, 3.63) is 16.1 Å². The van der Waals surface area contributed by atoms with Crippen molar-refractivity contribution in [3.63, 3.8) is 0 Å². The lowest BCUT2D eigenvalue weighted by Crippen LogP contribution is -2.32. The smallest absolute Gasteiger partial charge is 0.110 e. The van der Waals surface area contributed by atoms with Crippen molar-refractivity contribution in [2.24, 2.45) is 5.92 Å². The van der Waals surface area contributed by atoms with Gasteiger partial charge in [-0.2, -0.15) is 0 Å². The average molecular weight is 272 g/mol. The van der Waals surface area contributed by atoms with Crippen molar-refractivity contribution in [1.82, 2.24) is 10.3 Å². The molecule has 1 aromatic rings. The molecule has 1 aromatic heterocycles. The van der Waals surface area contributed by atoms with Crippen LogP contribution in [0, 0.1) is 12.8 Å². The first-order valence-electron chi connectivity index (χ1n) is 6.40. The van der Waals surface area contributed by atoms with Gasteiger partial charge in [0.1, 0.15) is 5.01 Å². The number of hydrogen-bond acceptors (Lipinski definition) is 5. The van der Waals surface area contributed by atoms with Crippen LogP contribution in [0.15, 0.2) is 5.38 Å². The highest BCUT2D eigenvalue weighted by Crippen LogP contribution is 2.17. The molecule has 0 saturated heterocycles. The lowest BCUT2D eigenvalue weighted by molar-refractivity contribution is 0.0252. The number of nitrogens with zero attached hydrogens (tertiary/aromatic N) is 1. The molecule has 0 fully saturated rings. The summed E-state index contributed by atoms with van der Waals surface area (Å²) >= 11 is 1.64. The van der Waals surface area contributed by atoms with Gasteiger partial charge in [0.05, 0.1) is 18.8 Å². The molecule has 2 N–H and O–H groups in total. The summed E-state index contributed by atoms with van der Waals surface area (Å²) in [6.45, 7) is 9.83. The van der Waals surface area contributed by atoms with Gasteiger partial charge in [-0.25, -0.2) is 4.98 Å². The SMILES string of the molecule is Cc1csc(C(C)NCC(O)COCC(C)C)n1. The molecular weight excluding hydrogens is 248 g/mol. The van der Waals surface area contributed by atoms with Gasteiger partial charge in [-0.05, 0) is 19.8 Å². The zero-order chi connectivity index (χ0) is 13.5. The third-order valence-electron chi connectivity index (χ3n) is 2.43. The Morgan fingerprint density at radius 2 is 2.11 bits per heavy atom. The van der Waals surface area contributed by atoms with Gasteiger partial charge >= 0.3 is 0 Å². The maximum atomic E-state index is 9.76. The Balaban J connectivity index is 2.19. The number of aliphatic hydroxyl groups is 1. The Labute approximate surface area is 113 Å².